The molecule has 0 saturated carbocycles. The van der Waals surface area contributed by atoms with E-state index in [0.717, 1.165) is 6.54 Å². The van der Waals surface area contributed by atoms with Gasteiger partial charge in [0.15, 0.2) is 0 Å². The fourth-order valence-electron chi connectivity index (χ4n) is 1.75. The van der Waals surface area contributed by atoms with Crippen molar-refractivity contribution in [2.75, 3.05) is 13.7 Å². The molecule has 0 aromatic rings. The fraction of sp³-hybridized carbons (Fsp3) is 0.750. The van der Waals surface area contributed by atoms with Crippen molar-refractivity contribution in [3.05, 3.63) is 12.2 Å². The Morgan fingerprint density at radius 2 is 2.00 bits per heavy atom. The number of esters is 1. The van der Waals surface area contributed by atoms with E-state index >= 15 is 0 Å². The summed E-state index contributed by atoms with van der Waals surface area (Å²) in [5, 5.41) is 3.43. The molecule has 15 heavy (non-hydrogen) atoms. The molecule has 0 radical (unpaired) electrons. The molecule has 1 rings (SSSR count). The number of hydrogen-bond donors (Lipinski definition) is 1. The Labute approximate surface area is 91.9 Å². The quantitative estimate of drug-likeness (QED) is 0.530. The molecule has 0 amide bonds. The van der Waals surface area contributed by atoms with Gasteiger partial charge < -0.3 is 10.1 Å². The summed E-state index contributed by atoms with van der Waals surface area (Å²) in [5.74, 6) is -0.326. The number of carbonyl (C=O) groups excluding carboxylic acids is 1. The highest BCUT2D eigenvalue weighted by Crippen LogP contribution is 2.32. The van der Waals surface area contributed by atoms with Crippen LogP contribution in [0.1, 0.15) is 27.7 Å². The van der Waals surface area contributed by atoms with Gasteiger partial charge in [-0.25, -0.2) is 0 Å². The molecule has 1 unspecified atom stereocenters. The molecule has 1 heterocycles. The summed E-state index contributed by atoms with van der Waals surface area (Å²) in [7, 11) is 1.44. The SMILES string of the molecule is COC(=O)C1C=CC(C)(C)NCC1(C)C. The molecule has 0 aromatic heterocycles. The minimum atomic E-state index is -0.170. The zero-order valence-corrected chi connectivity index (χ0v) is 10.3. The standard InChI is InChI=1S/C12H21NO2/c1-11(2)8-13-12(3,4)7-6-9(11)10(14)15-5/h6-7,9,13H,8H2,1-5H3. The van der Waals surface area contributed by atoms with Gasteiger partial charge in [-0.15, -0.1) is 0 Å². The molecule has 3 heteroatoms. The van der Waals surface area contributed by atoms with Gasteiger partial charge in [-0.1, -0.05) is 26.0 Å². The van der Waals surface area contributed by atoms with Gasteiger partial charge in [0, 0.05) is 12.1 Å². The summed E-state index contributed by atoms with van der Waals surface area (Å²) in [4.78, 5) is 11.6. The normalized spacial score (nSPS) is 28.2. The van der Waals surface area contributed by atoms with Crippen LogP contribution in [0.3, 0.4) is 0 Å². The van der Waals surface area contributed by atoms with Crippen LogP contribution in [0.25, 0.3) is 0 Å². The molecule has 86 valence electrons. The fourth-order valence-corrected chi connectivity index (χ4v) is 1.75. The topological polar surface area (TPSA) is 38.3 Å². The lowest BCUT2D eigenvalue weighted by molar-refractivity contribution is -0.147. The second-order valence-electron chi connectivity index (χ2n) is 5.42. The number of ether oxygens (including phenoxy) is 1. The molecule has 0 bridgehead atoms. The first kappa shape index (κ1) is 12.2. The van der Waals surface area contributed by atoms with Crippen molar-refractivity contribution >= 4 is 5.97 Å². The number of nitrogens with one attached hydrogen (secondary N) is 1. The molecule has 3 nitrogen and oxygen atoms in total. The minimum absolute atomic E-state index is 0.0555. The van der Waals surface area contributed by atoms with Gasteiger partial charge in [0.2, 0.25) is 0 Å². The molecule has 0 aliphatic carbocycles. The molecule has 1 N–H and O–H groups in total. The summed E-state index contributed by atoms with van der Waals surface area (Å²) >= 11 is 0. The maximum atomic E-state index is 11.6. The molecule has 0 spiro atoms. The summed E-state index contributed by atoms with van der Waals surface area (Å²) in [6.07, 6.45) is 4.01. The van der Waals surface area contributed by atoms with Crippen molar-refractivity contribution in [2.24, 2.45) is 11.3 Å². The summed E-state index contributed by atoms with van der Waals surface area (Å²) in [6, 6.07) is 0. The smallest absolute Gasteiger partial charge is 0.313 e. The van der Waals surface area contributed by atoms with Gasteiger partial charge in [-0.3, -0.25) is 4.79 Å². The van der Waals surface area contributed by atoms with Gasteiger partial charge in [-0.05, 0) is 19.3 Å². The average Bonchev–Trinajstić information content (AvgIpc) is 2.24. The molecule has 1 aliphatic rings. The van der Waals surface area contributed by atoms with E-state index in [4.69, 9.17) is 4.74 Å². The molecule has 0 aromatic carbocycles. The third-order valence-corrected chi connectivity index (χ3v) is 3.00. The van der Waals surface area contributed by atoms with Crippen LogP contribution in [0.5, 0.6) is 0 Å². The zero-order valence-electron chi connectivity index (χ0n) is 10.3. The largest absolute Gasteiger partial charge is 0.469 e. The number of hydrogen-bond acceptors (Lipinski definition) is 3. The molecule has 0 saturated heterocycles. The maximum absolute atomic E-state index is 11.6. The van der Waals surface area contributed by atoms with E-state index in [0.29, 0.717) is 0 Å². The first-order chi connectivity index (χ1) is 6.78. The molecule has 1 atom stereocenters. The molecular formula is C12H21NO2. The van der Waals surface area contributed by atoms with Gasteiger partial charge in [0.25, 0.3) is 0 Å². The lowest BCUT2D eigenvalue weighted by Crippen LogP contribution is -2.43. The Kier molecular flexibility index (Phi) is 3.24. The maximum Gasteiger partial charge on any atom is 0.313 e. The van der Waals surface area contributed by atoms with E-state index in [1.165, 1.54) is 7.11 Å². The van der Waals surface area contributed by atoms with Crippen LogP contribution in [0, 0.1) is 11.3 Å². The van der Waals surface area contributed by atoms with E-state index in [9.17, 15) is 4.79 Å². The van der Waals surface area contributed by atoms with Crippen molar-refractivity contribution in [3.63, 3.8) is 0 Å². The number of carbonyl (C=O) groups is 1. The Bertz CT molecular complexity index is 279. The first-order valence-corrected chi connectivity index (χ1v) is 5.31. The van der Waals surface area contributed by atoms with Gasteiger partial charge in [0.05, 0.1) is 13.0 Å². The van der Waals surface area contributed by atoms with Crippen LogP contribution in [0.4, 0.5) is 0 Å². The third kappa shape index (κ3) is 2.81. The average molecular weight is 211 g/mol. The molecule has 0 fully saturated rings. The van der Waals surface area contributed by atoms with Crippen LogP contribution in [0.2, 0.25) is 0 Å². The molecule has 1 aliphatic heterocycles. The zero-order chi connectivity index (χ0) is 11.7. The van der Waals surface area contributed by atoms with Gasteiger partial charge >= 0.3 is 5.97 Å². The predicted molar refractivity (Wildman–Crippen MR) is 60.5 cm³/mol. The van der Waals surface area contributed by atoms with Crippen molar-refractivity contribution in [1.29, 1.82) is 0 Å². The van der Waals surface area contributed by atoms with Crippen LogP contribution in [-0.4, -0.2) is 25.2 Å². The van der Waals surface area contributed by atoms with Gasteiger partial charge in [0.1, 0.15) is 0 Å². The van der Waals surface area contributed by atoms with Gasteiger partial charge in [-0.2, -0.15) is 0 Å². The second kappa shape index (κ2) is 3.97. The number of rotatable bonds is 1. The van der Waals surface area contributed by atoms with Crippen molar-refractivity contribution in [1.82, 2.24) is 5.32 Å². The van der Waals surface area contributed by atoms with Crippen LogP contribution >= 0.6 is 0 Å². The van der Waals surface area contributed by atoms with Crippen LogP contribution < -0.4 is 5.32 Å². The molecular weight excluding hydrogens is 190 g/mol. The summed E-state index contributed by atoms with van der Waals surface area (Å²) < 4.78 is 4.83. The highest BCUT2D eigenvalue weighted by Gasteiger charge is 2.37. The predicted octanol–water partition coefficient (Wildman–Crippen LogP) is 1.74. The monoisotopic (exact) mass is 211 g/mol. The van der Waals surface area contributed by atoms with E-state index < -0.39 is 0 Å². The third-order valence-electron chi connectivity index (χ3n) is 3.00. The van der Waals surface area contributed by atoms with E-state index in [1.807, 2.05) is 12.2 Å². The Morgan fingerprint density at radius 1 is 1.40 bits per heavy atom. The van der Waals surface area contributed by atoms with E-state index in [2.05, 4.69) is 33.0 Å². The van der Waals surface area contributed by atoms with E-state index in [1.54, 1.807) is 0 Å². The Hall–Kier alpha value is -0.830. The second-order valence-corrected chi connectivity index (χ2v) is 5.42. The minimum Gasteiger partial charge on any atom is -0.469 e. The van der Waals surface area contributed by atoms with Crippen molar-refractivity contribution in [2.45, 2.75) is 33.2 Å². The first-order valence-electron chi connectivity index (χ1n) is 5.31. The Morgan fingerprint density at radius 3 is 2.53 bits per heavy atom. The van der Waals surface area contributed by atoms with Crippen molar-refractivity contribution in [3.8, 4) is 0 Å². The lowest BCUT2D eigenvalue weighted by atomic mass is 9.79. The van der Waals surface area contributed by atoms with Crippen LogP contribution in [0.15, 0.2) is 12.2 Å². The van der Waals surface area contributed by atoms with E-state index in [-0.39, 0.29) is 22.8 Å². The number of methoxy groups -OCH3 is 1. The highest BCUT2D eigenvalue weighted by atomic mass is 16.5. The Balaban J connectivity index is 2.96. The highest BCUT2D eigenvalue weighted by molar-refractivity contribution is 5.75. The summed E-state index contributed by atoms with van der Waals surface area (Å²) in [6.45, 7) is 9.14. The summed E-state index contributed by atoms with van der Waals surface area (Å²) in [5.41, 5.74) is -0.169. The van der Waals surface area contributed by atoms with Crippen molar-refractivity contribution < 1.29 is 9.53 Å². The lowest BCUT2D eigenvalue weighted by Gasteiger charge is -2.30. The van der Waals surface area contributed by atoms with Crippen LogP contribution in [-0.2, 0) is 9.53 Å².